The van der Waals surface area contributed by atoms with E-state index in [4.69, 9.17) is 0 Å². The van der Waals surface area contributed by atoms with E-state index < -0.39 is 0 Å². The lowest BCUT2D eigenvalue weighted by Crippen LogP contribution is -2.33. The molecule has 76 valence electrons. The van der Waals surface area contributed by atoms with Crippen LogP contribution in [0.3, 0.4) is 0 Å². The number of hydrogen-bond donors (Lipinski definition) is 0. The van der Waals surface area contributed by atoms with Crippen molar-refractivity contribution in [2.24, 2.45) is 0 Å². The minimum absolute atomic E-state index is 0.133. The van der Waals surface area contributed by atoms with Crippen LogP contribution in [0, 0.1) is 0 Å². The van der Waals surface area contributed by atoms with Crippen molar-refractivity contribution in [1.29, 1.82) is 0 Å². The molecule has 0 bridgehead atoms. The van der Waals surface area contributed by atoms with Gasteiger partial charge in [0.1, 0.15) is 0 Å². The number of hydrogen-bond acceptors (Lipinski definition) is 2. The largest absolute Gasteiger partial charge is 0.274 e. The predicted octanol–water partition coefficient (Wildman–Crippen LogP) is 1.96. The van der Waals surface area contributed by atoms with E-state index in [-0.39, 0.29) is 11.8 Å². The van der Waals surface area contributed by atoms with Crippen molar-refractivity contribution in [1.82, 2.24) is 4.90 Å². The third kappa shape index (κ3) is 1.96. The lowest BCUT2D eigenvalue weighted by atomic mass is 10.1. The van der Waals surface area contributed by atoms with Gasteiger partial charge in [-0.1, -0.05) is 24.3 Å². The van der Waals surface area contributed by atoms with Gasteiger partial charge in [-0.3, -0.25) is 14.5 Å². The SMILES string of the molecule is O=C1CCC=CN1C(=O)c1ccccc1. The Bertz CT molecular complexity index is 409. The molecule has 1 aromatic rings. The van der Waals surface area contributed by atoms with E-state index >= 15 is 0 Å². The van der Waals surface area contributed by atoms with Crippen molar-refractivity contribution >= 4 is 11.8 Å². The first-order chi connectivity index (χ1) is 7.29. The molecule has 2 amide bonds. The van der Waals surface area contributed by atoms with Gasteiger partial charge in [-0.2, -0.15) is 0 Å². The molecule has 0 fully saturated rings. The third-order valence-corrected chi connectivity index (χ3v) is 2.29. The van der Waals surface area contributed by atoms with Crippen molar-refractivity contribution in [2.45, 2.75) is 12.8 Å². The maximum atomic E-state index is 11.9. The zero-order chi connectivity index (χ0) is 10.7. The summed E-state index contributed by atoms with van der Waals surface area (Å²) in [6, 6.07) is 8.82. The molecule has 0 saturated heterocycles. The molecule has 0 unspecified atom stereocenters. The summed E-state index contributed by atoms with van der Waals surface area (Å²) < 4.78 is 0. The van der Waals surface area contributed by atoms with Gasteiger partial charge in [0.25, 0.3) is 5.91 Å². The molecular formula is C12H11NO2. The molecule has 3 nitrogen and oxygen atoms in total. The van der Waals surface area contributed by atoms with Crippen LogP contribution in [0.2, 0.25) is 0 Å². The summed E-state index contributed by atoms with van der Waals surface area (Å²) in [6.07, 6.45) is 4.52. The third-order valence-electron chi connectivity index (χ3n) is 2.29. The molecule has 0 spiro atoms. The van der Waals surface area contributed by atoms with Crippen molar-refractivity contribution in [3.8, 4) is 0 Å². The summed E-state index contributed by atoms with van der Waals surface area (Å²) in [5, 5.41) is 0. The van der Waals surface area contributed by atoms with Crippen molar-refractivity contribution < 1.29 is 9.59 Å². The average Bonchev–Trinajstić information content (AvgIpc) is 2.30. The Morgan fingerprint density at radius 2 is 1.93 bits per heavy atom. The molecular weight excluding hydrogens is 190 g/mol. The number of nitrogens with zero attached hydrogens (tertiary/aromatic N) is 1. The normalized spacial score (nSPS) is 15.5. The number of rotatable bonds is 1. The standard InChI is InChI=1S/C12H11NO2/c14-11-8-4-5-9-13(11)12(15)10-6-2-1-3-7-10/h1-3,5-7,9H,4,8H2. The Kier molecular flexibility index (Phi) is 2.63. The average molecular weight is 201 g/mol. The quantitative estimate of drug-likeness (QED) is 0.651. The Balaban J connectivity index is 2.25. The Hall–Kier alpha value is -1.90. The summed E-state index contributed by atoms with van der Waals surface area (Å²) in [4.78, 5) is 24.5. The molecule has 0 aliphatic carbocycles. The molecule has 1 aliphatic heterocycles. The van der Waals surface area contributed by atoms with E-state index in [1.165, 1.54) is 4.90 Å². The Morgan fingerprint density at radius 3 is 2.60 bits per heavy atom. The molecule has 3 heteroatoms. The molecule has 0 atom stereocenters. The fourth-order valence-electron chi connectivity index (χ4n) is 1.49. The van der Waals surface area contributed by atoms with Crippen LogP contribution in [-0.2, 0) is 4.79 Å². The molecule has 1 aromatic carbocycles. The van der Waals surface area contributed by atoms with Gasteiger partial charge in [0.05, 0.1) is 0 Å². The van der Waals surface area contributed by atoms with E-state index in [0.29, 0.717) is 12.0 Å². The van der Waals surface area contributed by atoms with Crippen LogP contribution in [-0.4, -0.2) is 16.7 Å². The highest BCUT2D eigenvalue weighted by Crippen LogP contribution is 2.12. The maximum Gasteiger partial charge on any atom is 0.264 e. The monoisotopic (exact) mass is 201 g/mol. The van der Waals surface area contributed by atoms with Crippen LogP contribution < -0.4 is 0 Å². The molecule has 15 heavy (non-hydrogen) atoms. The number of carbonyl (C=O) groups excluding carboxylic acids is 2. The lowest BCUT2D eigenvalue weighted by molar-refractivity contribution is -0.126. The first-order valence-corrected chi connectivity index (χ1v) is 4.87. The Morgan fingerprint density at radius 1 is 1.20 bits per heavy atom. The Labute approximate surface area is 88.0 Å². The van der Waals surface area contributed by atoms with Crippen LogP contribution in [0.25, 0.3) is 0 Å². The summed E-state index contributed by atoms with van der Waals surface area (Å²) in [7, 11) is 0. The number of carbonyl (C=O) groups is 2. The second-order valence-electron chi connectivity index (χ2n) is 3.36. The number of imide groups is 1. The van der Waals surface area contributed by atoms with Gasteiger partial charge in [0.15, 0.2) is 0 Å². The minimum Gasteiger partial charge on any atom is -0.274 e. The smallest absolute Gasteiger partial charge is 0.264 e. The van der Waals surface area contributed by atoms with Gasteiger partial charge in [-0.15, -0.1) is 0 Å². The van der Waals surface area contributed by atoms with Crippen molar-refractivity contribution in [3.05, 3.63) is 48.2 Å². The van der Waals surface area contributed by atoms with Crippen LogP contribution in [0.1, 0.15) is 23.2 Å². The van der Waals surface area contributed by atoms with E-state index in [9.17, 15) is 9.59 Å². The fourth-order valence-corrected chi connectivity index (χ4v) is 1.49. The molecule has 2 rings (SSSR count). The van der Waals surface area contributed by atoms with Crippen molar-refractivity contribution in [2.75, 3.05) is 0 Å². The van der Waals surface area contributed by atoms with E-state index in [1.807, 2.05) is 12.1 Å². The van der Waals surface area contributed by atoms with E-state index in [1.54, 1.807) is 30.5 Å². The zero-order valence-corrected chi connectivity index (χ0v) is 8.22. The van der Waals surface area contributed by atoms with Gasteiger partial charge in [0, 0.05) is 18.2 Å². The van der Waals surface area contributed by atoms with Gasteiger partial charge in [-0.25, -0.2) is 0 Å². The molecule has 0 aromatic heterocycles. The summed E-state index contributed by atoms with van der Waals surface area (Å²) >= 11 is 0. The molecule has 0 radical (unpaired) electrons. The topological polar surface area (TPSA) is 37.4 Å². The highest BCUT2D eigenvalue weighted by molar-refractivity contribution is 6.05. The highest BCUT2D eigenvalue weighted by Gasteiger charge is 2.21. The molecule has 0 N–H and O–H groups in total. The van der Waals surface area contributed by atoms with E-state index in [2.05, 4.69) is 0 Å². The lowest BCUT2D eigenvalue weighted by Gasteiger charge is -2.19. The maximum absolute atomic E-state index is 11.9. The molecule has 0 saturated carbocycles. The summed E-state index contributed by atoms with van der Waals surface area (Å²) in [5.41, 5.74) is 0.539. The van der Waals surface area contributed by atoms with Gasteiger partial charge >= 0.3 is 0 Å². The van der Waals surface area contributed by atoms with Gasteiger partial charge in [0.2, 0.25) is 5.91 Å². The van der Waals surface area contributed by atoms with Crippen LogP contribution in [0.15, 0.2) is 42.6 Å². The molecule has 1 aliphatic rings. The fraction of sp³-hybridized carbons (Fsp3) is 0.167. The van der Waals surface area contributed by atoms with Crippen LogP contribution in [0.4, 0.5) is 0 Å². The zero-order valence-electron chi connectivity index (χ0n) is 8.22. The summed E-state index contributed by atoms with van der Waals surface area (Å²) in [6.45, 7) is 0. The number of amides is 2. The summed E-state index contributed by atoms with van der Waals surface area (Å²) in [5.74, 6) is -0.386. The predicted molar refractivity (Wildman–Crippen MR) is 56.0 cm³/mol. The van der Waals surface area contributed by atoms with Gasteiger partial charge in [-0.05, 0) is 18.6 Å². The highest BCUT2D eigenvalue weighted by atomic mass is 16.2. The van der Waals surface area contributed by atoms with Crippen molar-refractivity contribution in [3.63, 3.8) is 0 Å². The number of benzene rings is 1. The van der Waals surface area contributed by atoms with Crippen LogP contribution >= 0.6 is 0 Å². The van der Waals surface area contributed by atoms with E-state index in [0.717, 1.165) is 6.42 Å². The van der Waals surface area contributed by atoms with Gasteiger partial charge < -0.3 is 0 Å². The van der Waals surface area contributed by atoms with Crippen LogP contribution in [0.5, 0.6) is 0 Å². The minimum atomic E-state index is -0.253. The second-order valence-corrected chi connectivity index (χ2v) is 3.36. The molecule has 1 heterocycles. The number of allylic oxidation sites excluding steroid dienone is 1. The first kappa shape index (κ1) is 9.65. The first-order valence-electron chi connectivity index (χ1n) is 4.87. The second kappa shape index (κ2) is 4.09.